The molecule has 0 aliphatic carbocycles. The van der Waals surface area contributed by atoms with Crippen LogP contribution < -0.4 is 4.90 Å². The first-order valence-corrected chi connectivity index (χ1v) is 6.74. The van der Waals surface area contributed by atoms with E-state index in [-0.39, 0.29) is 12.3 Å². The lowest BCUT2D eigenvalue weighted by atomic mass is 9.80. The predicted octanol–water partition coefficient (Wildman–Crippen LogP) is 3.99. The Morgan fingerprint density at radius 2 is 1.94 bits per heavy atom. The smallest absolute Gasteiger partial charge is 0.237 e. The van der Waals surface area contributed by atoms with Crippen molar-refractivity contribution in [2.45, 2.75) is 29.5 Å². The molecular formula is C13H14Cl3NO. The molecule has 0 aromatic heterocycles. The zero-order valence-electron chi connectivity index (χ0n) is 10.4. The minimum Gasteiger partial charge on any atom is -0.314 e. The highest BCUT2D eigenvalue weighted by Crippen LogP contribution is 2.49. The van der Waals surface area contributed by atoms with E-state index in [9.17, 15) is 4.79 Å². The average molecular weight is 307 g/mol. The molecule has 1 aromatic rings. The lowest BCUT2D eigenvalue weighted by Crippen LogP contribution is -2.38. The van der Waals surface area contributed by atoms with E-state index in [0.29, 0.717) is 0 Å². The Morgan fingerprint density at radius 3 is 2.50 bits per heavy atom. The molecule has 0 radical (unpaired) electrons. The van der Waals surface area contributed by atoms with Gasteiger partial charge in [-0.05, 0) is 25.5 Å². The van der Waals surface area contributed by atoms with Crippen molar-refractivity contribution >= 4 is 46.4 Å². The Bertz CT molecular complexity index is 509. The zero-order chi connectivity index (χ0) is 13.7. The summed E-state index contributed by atoms with van der Waals surface area (Å²) in [4.78, 5) is 14.1. The van der Waals surface area contributed by atoms with Crippen molar-refractivity contribution in [1.29, 1.82) is 0 Å². The molecule has 2 rings (SSSR count). The maximum Gasteiger partial charge on any atom is 0.237 e. The lowest BCUT2D eigenvalue weighted by Gasteiger charge is -2.27. The number of likely N-dealkylation sites (N-methyl/N-ethyl adjacent to an activating group) is 1. The molecule has 0 saturated heterocycles. The average Bonchev–Trinajstić information content (AvgIpc) is 2.39. The molecule has 1 heterocycles. The van der Waals surface area contributed by atoms with E-state index in [1.54, 1.807) is 11.9 Å². The van der Waals surface area contributed by atoms with Crippen LogP contribution in [0.5, 0.6) is 0 Å². The van der Waals surface area contributed by atoms with Crippen molar-refractivity contribution in [2.75, 3.05) is 11.9 Å². The van der Waals surface area contributed by atoms with E-state index in [2.05, 4.69) is 0 Å². The molecule has 1 aliphatic heterocycles. The van der Waals surface area contributed by atoms with Gasteiger partial charge >= 0.3 is 0 Å². The molecule has 2 nitrogen and oxygen atoms in total. The zero-order valence-corrected chi connectivity index (χ0v) is 12.7. The van der Waals surface area contributed by atoms with Crippen LogP contribution in [0.4, 0.5) is 5.69 Å². The summed E-state index contributed by atoms with van der Waals surface area (Å²) in [5.74, 6) is -0.0329. The highest BCUT2D eigenvalue weighted by Gasteiger charge is 2.49. The molecule has 0 fully saturated rings. The molecular weight excluding hydrogens is 293 g/mol. The highest BCUT2D eigenvalue weighted by atomic mass is 35.6. The second-order valence-corrected chi connectivity index (χ2v) is 7.52. The number of hydrogen-bond acceptors (Lipinski definition) is 1. The molecule has 0 spiro atoms. The number of carbonyl (C=O) groups is 1. The number of carbonyl (C=O) groups excluding carboxylic acids is 1. The number of aryl methyl sites for hydroxylation is 1. The first-order chi connectivity index (χ1) is 8.15. The Morgan fingerprint density at radius 1 is 1.33 bits per heavy atom. The van der Waals surface area contributed by atoms with E-state index in [4.69, 9.17) is 34.8 Å². The lowest BCUT2D eigenvalue weighted by molar-refractivity contribution is -0.122. The van der Waals surface area contributed by atoms with Crippen molar-refractivity contribution in [1.82, 2.24) is 0 Å². The summed E-state index contributed by atoms with van der Waals surface area (Å²) >= 11 is 17.6. The van der Waals surface area contributed by atoms with Gasteiger partial charge in [-0.3, -0.25) is 4.79 Å². The number of fused-ring (bicyclic) bond motifs is 1. The molecule has 0 N–H and O–H groups in total. The van der Waals surface area contributed by atoms with Crippen LogP contribution in [0.25, 0.3) is 0 Å². The largest absolute Gasteiger partial charge is 0.314 e. The van der Waals surface area contributed by atoms with Crippen molar-refractivity contribution in [3.8, 4) is 0 Å². The van der Waals surface area contributed by atoms with Gasteiger partial charge in [-0.25, -0.2) is 0 Å². The van der Waals surface area contributed by atoms with Crippen LogP contribution in [0.3, 0.4) is 0 Å². The third kappa shape index (κ3) is 2.22. The Hall–Kier alpha value is -0.440. The van der Waals surface area contributed by atoms with E-state index < -0.39 is 9.21 Å². The third-order valence-electron chi connectivity index (χ3n) is 3.44. The molecule has 5 heteroatoms. The first-order valence-electron chi connectivity index (χ1n) is 5.61. The van der Waals surface area contributed by atoms with Crippen molar-refractivity contribution < 1.29 is 4.79 Å². The summed E-state index contributed by atoms with van der Waals surface area (Å²) in [7, 11) is 1.75. The molecule has 0 bridgehead atoms. The summed E-state index contributed by atoms with van der Waals surface area (Å²) in [6.07, 6.45) is 0.171. The van der Waals surface area contributed by atoms with Gasteiger partial charge in [0.05, 0.1) is 5.41 Å². The van der Waals surface area contributed by atoms with Gasteiger partial charge in [0.25, 0.3) is 0 Å². The molecule has 0 saturated carbocycles. The van der Waals surface area contributed by atoms with E-state index in [1.165, 1.54) is 0 Å². The van der Waals surface area contributed by atoms with Crippen molar-refractivity contribution in [3.63, 3.8) is 0 Å². The second kappa shape index (κ2) is 4.29. The molecule has 1 atom stereocenters. The van der Waals surface area contributed by atoms with E-state index in [0.717, 1.165) is 16.8 Å². The van der Waals surface area contributed by atoms with Crippen LogP contribution in [-0.4, -0.2) is 16.7 Å². The van der Waals surface area contributed by atoms with Crippen LogP contribution in [0.1, 0.15) is 24.5 Å². The topological polar surface area (TPSA) is 20.3 Å². The van der Waals surface area contributed by atoms with Gasteiger partial charge < -0.3 is 4.90 Å². The number of halogens is 3. The highest BCUT2D eigenvalue weighted by molar-refractivity contribution is 6.67. The van der Waals surface area contributed by atoms with Crippen LogP contribution in [-0.2, 0) is 10.2 Å². The van der Waals surface area contributed by atoms with Gasteiger partial charge in [0.2, 0.25) is 5.91 Å². The number of alkyl halides is 3. The van der Waals surface area contributed by atoms with Gasteiger partial charge in [0.1, 0.15) is 0 Å². The molecule has 1 unspecified atom stereocenters. The fourth-order valence-corrected chi connectivity index (χ4v) is 3.35. The van der Waals surface area contributed by atoms with E-state index in [1.807, 2.05) is 32.0 Å². The monoisotopic (exact) mass is 305 g/mol. The van der Waals surface area contributed by atoms with Gasteiger partial charge in [-0.2, -0.15) is 0 Å². The summed E-state index contributed by atoms with van der Waals surface area (Å²) in [5.41, 5.74) is 2.14. The summed E-state index contributed by atoms with van der Waals surface area (Å²) in [5, 5.41) is 0. The van der Waals surface area contributed by atoms with Crippen LogP contribution in [0.15, 0.2) is 18.2 Å². The maximum atomic E-state index is 12.4. The quantitative estimate of drug-likeness (QED) is 0.718. The first kappa shape index (κ1) is 14.0. The van der Waals surface area contributed by atoms with Gasteiger partial charge in [-0.15, -0.1) is 0 Å². The molecule has 1 aromatic carbocycles. The number of hydrogen-bond donors (Lipinski definition) is 0. The Kier molecular flexibility index (Phi) is 3.33. The number of nitrogens with zero attached hydrogens (tertiary/aromatic N) is 1. The molecule has 1 aliphatic rings. The minimum atomic E-state index is -1.45. The number of amides is 1. The van der Waals surface area contributed by atoms with Crippen molar-refractivity contribution in [3.05, 3.63) is 29.3 Å². The van der Waals surface area contributed by atoms with Gasteiger partial charge in [0, 0.05) is 19.2 Å². The van der Waals surface area contributed by atoms with E-state index >= 15 is 0 Å². The number of rotatable bonds is 1. The van der Waals surface area contributed by atoms with Crippen molar-refractivity contribution in [2.24, 2.45) is 0 Å². The number of benzene rings is 1. The number of anilines is 1. The third-order valence-corrected chi connectivity index (χ3v) is 3.84. The fourth-order valence-electron chi connectivity index (χ4n) is 2.55. The van der Waals surface area contributed by atoms with Gasteiger partial charge in [0.15, 0.2) is 3.79 Å². The molecule has 1 amide bonds. The fraction of sp³-hybridized carbons (Fsp3) is 0.462. The Labute approximate surface area is 122 Å². The SMILES string of the molecule is Cc1ccc2c(c1)C(C)(CC(Cl)(Cl)Cl)C(=O)N2C. The van der Waals surface area contributed by atoms with Crippen LogP contribution in [0.2, 0.25) is 0 Å². The summed E-state index contributed by atoms with van der Waals surface area (Å²) in [6.45, 7) is 3.82. The summed E-state index contributed by atoms with van der Waals surface area (Å²) in [6, 6.07) is 5.91. The minimum absolute atomic E-state index is 0.0329. The second-order valence-electron chi connectivity index (χ2n) is 5.01. The molecule has 18 heavy (non-hydrogen) atoms. The Balaban J connectivity index is 2.57. The van der Waals surface area contributed by atoms with Crippen LogP contribution >= 0.6 is 34.8 Å². The van der Waals surface area contributed by atoms with Gasteiger partial charge in [-0.1, -0.05) is 52.5 Å². The maximum absolute atomic E-state index is 12.4. The van der Waals surface area contributed by atoms with Crippen LogP contribution in [0, 0.1) is 6.92 Å². The standard InChI is InChI=1S/C13H14Cl3NO/c1-8-4-5-10-9(6-8)12(2,7-13(14,15)16)11(18)17(10)3/h4-6H,7H2,1-3H3. The predicted molar refractivity (Wildman–Crippen MR) is 76.8 cm³/mol. The molecule has 98 valence electrons. The summed E-state index contributed by atoms with van der Waals surface area (Å²) < 4.78 is -1.45. The normalized spacial score (nSPS) is 23.4.